The number of ether oxygens (including phenoxy) is 2. The number of halogens is 4. The van der Waals surface area contributed by atoms with Crippen LogP contribution in [-0.4, -0.2) is 42.8 Å². The number of alkyl halides is 2. The first-order chi connectivity index (χ1) is 18.8. The molecular weight excluding hydrogens is 549 g/mol. The number of hydrogen-bond donors (Lipinski definition) is 0. The van der Waals surface area contributed by atoms with Crippen molar-refractivity contribution in [3.05, 3.63) is 69.4 Å². The second-order valence-corrected chi connectivity index (χ2v) is 10.8. The van der Waals surface area contributed by atoms with Gasteiger partial charge in [-0.3, -0.25) is 4.79 Å². The van der Waals surface area contributed by atoms with E-state index in [1.165, 1.54) is 0 Å². The maximum atomic E-state index is 15.3. The van der Waals surface area contributed by atoms with E-state index >= 15 is 8.78 Å². The Morgan fingerprint density at radius 3 is 2.49 bits per heavy atom. The molecule has 208 valence electrons. The first-order valence-electron chi connectivity index (χ1n) is 13.2. The molecule has 5 rings (SSSR count). The van der Waals surface area contributed by atoms with E-state index in [9.17, 15) is 4.79 Å². The Bertz CT molecular complexity index is 1290. The van der Waals surface area contributed by atoms with E-state index in [1.807, 2.05) is 24.3 Å². The summed E-state index contributed by atoms with van der Waals surface area (Å²) in [5.74, 6) is -2.46. The van der Waals surface area contributed by atoms with Crippen molar-refractivity contribution in [2.75, 3.05) is 24.6 Å². The number of aromatic nitrogens is 1. The van der Waals surface area contributed by atoms with Crippen LogP contribution in [0.15, 0.2) is 47.0 Å². The van der Waals surface area contributed by atoms with Gasteiger partial charge in [0.1, 0.15) is 17.6 Å². The van der Waals surface area contributed by atoms with Gasteiger partial charge in [-0.05, 0) is 62.4 Å². The second kappa shape index (κ2) is 11.8. The SMILES string of the molecule is CCOC(=O)CCc1ccc(N2CCC(OCc3c(-c4c(Cl)cccc4Cl)noc3C3CC3)C(F)(F)C2)cc1. The summed E-state index contributed by atoms with van der Waals surface area (Å²) in [6.07, 6.45) is 1.63. The number of hydrogen-bond acceptors (Lipinski definition) is 6. The van der Waals surface area contributed by atoms with Gasteiger partial charge in [0, 0.05) is 35.7 Å². The van der Waals surface area contributed by atoms with Gasteiger partial charge in [0.2, 0.25) is 0 Å². The lowest BCUT2D eigenvalue weighted by Crippen LogP contribution is -2.52. The number of nitrogens with zero attached hydrogens (tertiary/aromatic N) is 2. The summed E-state index contributed by atoms with van der Waals surface area (Å²) in [5, 5.41) is 5.03. The molecule has 2 aliphatic rings. The molecule has 3 aromatic rings. The Kier molecular flexibility index (Phi) is 8.45. The molecule has 0 radical (unpaired) electrons. The van der Waals surface area contributed by atoms with Crippen LogP contribution in [0.5, 0.6) is 0 Å². The average molecular weight is 579 g/mol. The van der Waals surface area contributed by atoms with E-state index in [1.54, 1.807) is 30.0 Å². The Labute approximate surface area is 236 Å². The molecule has 1 saturated heterocycles. The van der Waals surface area contributed by atoms with Gasteiger partial charge >= 0.3 is 5.97 Å². The first kappa shape index (κ1) is 27.9. The highest BCUT2D eigenvalue weighted by molar-refractivity contribution is 6.39. The fraction of sp³-hybridized carbons (Fsp3) is 0.448. The molecule has 0 spiro atoms. The van der Waals surface area contributed by atoms with E-state index in [4.69, 9.17) is 37.2 Å². The Hall–Kier alpha value is -2.68. The summed E-state index contributed by atoms with van der Waals surface area (Å²) >= 11 is 12.8. The minimum absolute atomic E-state index is 0.0678. The molecule has 2 fully saturated rings. The van der Waals surface area contributed by atoms with Crippen molar-refractivity contribution in [1.29, 1.82) is 0 Å². The fourth-order valence-corrected chi connectivity index (χ4v) is 5.51. The van der Waals surface area contributed by atoms with Gasteiger partial charge in [-0.2, -0.15) is 0 Å². The lowest BCUT2D eigenvalue weighted by molar-refractivity contribution is -0.148. The van der Waals surface area contributed by atoms with Crippen LogP contribution in [0.4, 0.5) is 14.5 Å². The number of esters is 1. The van der Waals surface area contributed by atoms with Crippen molar-refractivity contribution in [3.8, 4) is 11.3 Å². The zero-order chi connectivity index (χ0) is 27.6. The molecule has 0 N–H and O–H groups in total. The van der Waals surface area contributed by atoms with Gasteiger partial charge in [0.25, 0.3) is 5.92 Å². The average Bonchev–Trinajstić information content (AvgIpc) is 3.67. The normalized spacial score (nSPS) is 18.8. The summed E-state index contributed by atoms with van der Waals surface area (Å²) in [6.45, 7) is 2.02. The maximum absolute atomic E-state index is 15.3. The number of carbonyl (C=O) groups excluding carboxylic acids is 1. The van der Waals surface area contributed by atoms with E-state index in [2.05, 4.69) is 5.16 Å². The maximum Gasteiger partial charge on any atom is 0.306 e. The molecule has 1 atom stereocenters. The minimum atomic E-state index is -3.07. The van der Waals surface area contributed by atoms with Gasteiger partial charge < -0.3 is 18.9 Å². The molecule has 10 heteroatoms. The molecule has 0 bridgehead atoms. The highest BCUT2D eigenvalue weighted by Crippen LogP contribution is 2.46. The molecule has 1 aliphatic carbocycles. The topological polar surface area (TPSA) is 64.8 Å². The zero-order valence-electron chi connectivity index (χ0n) is 21.6. The predicted octanol–water partition coefficient (Wildman–Crippen LogP) is 7.45. The highest BCUT2D eigenvalue weighted by atomic mass is 35.5. The van der Waals surface area contributed by atoms with Crippen LogP contribution in [0, 0.1) is 0 Å². The lowest BCUT2D eigenvalue weighted by atomic mass is 10.0. The van der Waals surface area contributed by atoms with Gasteiger partial charge in [-0.15, -0.1) is 0 Å². The van der Waals surface area contributed by atoms with Crippen LogP contribution in [0.3, 0.4) is 0 Å². The minimum Gasteiger partial charge on any atom is -0.466 e. The van der Waals surface area contributed by atoms with Crippen molar-refractivity contribution in [3.63, 3.8) is 0 Å². The summed E-state index contributed by atoms with van der Waals surface area (Å²) in [7, 11) is 0. The van der Waals surface area contributed by atoms with Crippen molar-refractivity contribution in [2.24, 2.45) is 0 Å². The van der Waals surface area contributed by atoms with Crippen LogP contribution >= 0.6 is 23.2 Å². The van der Waals surface area contributed by atoms with Crippen molar-refractivity contribution >= 4 is 34.9 Å². The van der Waals surface area contributed by atoms with Gasteiger partial charge in [-0.1, -0.05) is 46.6 Å². The number of piperidine rings is 1. The molecule has 1 aromatic heterocycles. The molecule has 39 heavy (non-hydrogen) atoms. The van der Waals surface area contributed by atoms with E-state index in [0.717, 1.165) is 18.4 Å². The smallest absolute Gasteiger partial charge is 0.306 e. The van der Waals surface area contributed by atoms with Gasteiger partial charge in [-0.25, -0.2) is 8.78 Å². The van der Waals surface area contributed by atoms with E-state index in [-0.39, 0.29) is 31.3 Å². The van der Waals surface area contributed by atoms with Crippen molar-refractivity contribution < 1.29 is 27.6 Å². The highest BCUT2D eigenvalue weighted by Gasteiger charge is 2.46. The summed E-state index contributed by atoms with van der Waals surface area (Å²) < 4.78 is 47.1. The summed E-state index contributed by atoms with van der Waals surface area (Å²) in [4.78, 5) is 13.3. The Morgan fingerprint density at radius 1 is 1.13 bits per heavy atom. The Morgan fingerprint density at radius 2 is 1.85 bits per heavy atom. The van der Waals surface area contributed by atoms with E-state index < -0.39 is 18.6 Å². The predicted molar refractivity (Wildman–Crippen MR) is 146 cm³/mol. The number of benzene rings is 2. The van der Waals surface area contributed by atoms with Crippen molar-refractivity contribution in [2.45, 2.75) is 63.6 Å². The molecule has 2 aromatic carbocycles. The number of anilines is 1. The molecule has 6 nitrogen and oxygen atoms in total. The first-order valence-corrected chi connectivity index (χ1v) is 13.9. The number of aryl methyl sites for hydroxylation is 1. The third kappa shape index (κ3) is 6.39. The fourth-order valence-electron chi connectivity index (χ4n) is 4.93. The van der Waals surface area contributed by atoms with Crippen molar-refractivity contribution in [1.82, 2.24) is 5.16 Å². The molecule has 0 amide bonds. The van der Waals surface area contributed by atoms with Gasteiger partial charge in [0.15, 0.2) is 0 Å². The van der Waals surface area contributed by atoms with Crippen LogP contribution in [0.2, 0.25) is 10.0 Å². The summed E-state index contributed by atoms with van der Waals surface area (Å²) in [6, 6.07) is 12.5. The van der Waals surface area contributed by atoms with E-state index in [0.29, 0.717) is 57.9 Å². The molecule has 1 aliphatic heterocycles. The summed E-state index contributed by atoms with van der Waals surface area (Å²) in [5.41, 5.74) is 3.24. The largest absolute Gasteiger partial charge is 0.466 e. The zero-order valence-corrected chi connectivity index (χ0v) is 23.1. The third-order valence-corrected chi connectivity index (χ3v) is 7.78. The molecule has 1 saturated carbocycles. The third-order valence-electron chi connectivity index (χ3n) is 7.15. The van der Waals surface area contributed by atoms with Crippen LogP contribution in [0.25, 0.3) is 11.3 Å². The standard InChI is InChI=1S/C29H30Cl2F2N2O4/c1-2-37-25(36)13-8-18-6-11-20(12-7-18)35-15-14-24(29(32,33)17-35)38-16-21-27(34-39-28(21)19-9-10-19)26-22(30)4-3-5-23(26)31/h3-7,11-12,19,24H,2,8-10,13-17H2,1H3. The number of carbonyl (C=O) groups is 1. The van der Waals surface area contributed by atoms with Crippen LogP contribution in [-0.2, 0) is 27.3 Å². The monoisotopic (exact) mass is 578 g/mol. The number of rotatable bonds is 10. The molecule has 2 heterocycles. The Balaban J connectivity index is 1.24. The quantitative estimate of drug-likeness (QED) is 0.233. The van der Waals surface area contributed by atoms with Gasteiger partial charge in [0.05, 0.1) is 29.8 Å². The van der Waals surface area contributed by atoms with Crippen LogP contribution < -0.4 is 4.90 Å². The molecular formula is C29H30Cl2F2N2O4. The molecule has 1 unspecified atom stereocenters. The second-order valence-electron chi connectivity index (χ2n) is 9.99. The lowest BCUT2D eigenvalue weighted by Gasteiger charge is -2.39. The van der Waals surface area contributed by atoms with Crippen LogP contribution in [0.1, 0.15) is 55.4 Å².